The Bertz CT molecular complexity index is 72.1. The second-order valence-corrected chi connectivity index (χ2v) is 2.47. The summed E-state index contributed by atoms with van der Waals surface area (Å²) >= 11 is 0. The third kappa shape index (κ3) is 5.61. The number of hydrogen-bond donors (Lipinski definition) is 0. The third-order valence-electron chi connectivity index (χ3n) is 1.56. The Labute approximate surface area is 59.0 Å². The molecule has 0 N–H and O–H groups in total. The van der Waals surface area contributed by atoms with Gasteiger partial charge in [0.15, 0.2) is 0 Å². The first-order valence-corrected chi connectivity index (χ1v) is 3.91. The van der Waals surface area contributed by atoms with Crippen LogP contribution >= 0.6 is 0 Å². The van der Waals surface area contributed by atoms with Crippen LogP contribution in [0.4, 0.5) is 0 Å². The molecule has 0 heteroatoms. The highest BCUT2D eigenvalue weighted by molar-refractivity contribution is 4.88. The summed E-state index contributed by atoms with van der Waals surface area (Å²) < 4.78 is 0. The third-order valence-corrected chi connectivity index (χ3v) is 1.56. The summed E-state index contributed by atoms with van der Waals surface area (Å²) in [6, 6.07) is 0. The van der Waals surface area contributed by atoms with Crippen molar-refractivity contribution in [3.63, 3.8) is 0 Å². The minimum absolute atomic E-state index is 1.05. The SMILES string of the molecule is [CH]=C(CC)CCCCC. The molecule has 1 radical (unpaired) electrons. The van der Waals surface area contributed by atoms with E-state index in [9.17, 15) is 0 Å². The summed E-state index contributed by atoms with van der Waals surface area (Å²) in [5.74, 6) is 0. The lowest BCUT2D eigenvalue weighted by Gasteiger charge is -1.98. The molecule has 0 bridgehead atoms. The van der Waals surface area contributed by atoms with Crippen molar-refractivity contribution in [2.45, 2.75) is 46.0 Å². The minimum Gasteiger partial charge on any atom is -0.0705 e. The summed E-state index contributed by atoms with van der Waals surface area (Å²) in [6.45, 7) is 9.95. The van der Waals surface area contributed by atoms with E-state index in [2.05, 4.69) is 13.8 Å². The molecule has 0 atom stereocenters. The average molecular weight is 125 g/mol. The van der Waals surface area contributed by atoms with Crippen molar-refractivity contribution in [3.8, 4) is 0 Å². The summed E-state index contributed by atoms with van der Waals surface area (Å²) in [6.07, 6.45) is 6.06. The van der Waals surface area contributed by atoms with Gasteiger partial charge in [-0.3, -0.25) is 0 Å². The second-order valence-electron chi connectivity index (χ2n) is 2.47. The number of unbranched alkanes of at least 4 members (excludes halogenated alkanes) is 2. The standard InChI is InChI=1S/C9H17/c1-4-6-7-8-9(3)5-2/h3H,4-8H2,1-2H3. The van der Waals surface area contributed by atoms with Gasteiger partial charge in [-0.15, -0.1) is 0 Å². The van der Waals surface area contributed by atoms with Gasteiger partial charge in [0, 0.05) is 0 Å². The molecule has 0 aromatic heterocycles. The van der Waals surface area contributed by atoms with Crippen LogP contribution in [0.15, 0.2) is 5.57 Å². The molecular formula is C9H17. The molecule has 0 aliphatic rings. The van der Waals surface area contributed by atoms with Gasteiger partial charge in [0.25, 0.3) is 0 Å². The maximum atomic E-state index is 5.63. The van der Waals surface area contributed by atoms with Gasteiger partial charge in [-0.05, 0) is 19.3 Å². The molecule has 0 aliphatic carbocycles. The lowest BCUT2D eigenvalue weighted by molar-refractivity contribution is 0.703. The molecule has 0 saturated heterocycles. The van der Waals surface area contributed by atoms with Crippen LogP contribution in [0.5, 0.6) is 0 Å². The van der Waals surface area contributed by atoms with Crippen molar-refractivity contribution in [1.82, 2.24) is 0 Å². The fourth-order valence-corrected chi connectivity index (χ4v) is 0.779. The fraction of sp³-hybridized carbons (Fsp3) is 0.778. The smallest absolute Gasteiger partial charge is 0.0317 e. The van der Waals surface area contributed by atoms with Crippen molar-refractivity contribution >= 4 is 0 Å². The van der Waals surface area contributed by atoms with E-state index in [0.29, 0.717) is 0 Å². The van der Waals surface area contributed by atoms with E-state index < -0.39 is 0 Å². The highest BCUT2D eigenvalue weighted by Crippen LogP contribution is 2.08. The zero-order valence-corrected chi connectivity index (χ0v) is 6.61. The van der Waals surface area contributed by atoms with Crippen LogP contribution in [-0.4, -0.2) is 0 Å². The van der Waals surface area contributed by atoms with Gasteiger partial charge in [0.2, 0.25) is 0 Å². The lowest BCUT2D eigenvalue weighted by Crippen LogP contribution is -1.79. The Balaban J connectivity index is 2.97. The average Bonchev–Trinajstić information content (AvgIpc) is 1.89. The maximum absolute atomic E-state index is 5.63. The van der Waals surface area contributed by atoms with Gasteiger partial charge in [-0.1, -0.05) is 38.8 Å². The molecule has 0 aliphatic heterocycles. The van der Waals surface area contributed by atoms with Crippen molar-refractivity contribution in [2.75, 3.05) is 0 Å². The molecule has 0 saturated carbocycles. The quantitative estimate of drug-likeness (QED) is 0.494. The zero-order chi connectivity index (χ0) is 7.11. The van der Waals surface area contributed by atoms with E-state index >= 15 is 0 Å². The van der Waals surface area contributed by atoms with E-state index in [0.717, 1.165) is 18.4 Å². The zero-order valence-electron chi connectivity index (χ0n) is 6.61. The van der Waals surface area contributed by atoms with Crippen LogP contribution in [0.1, 0.15) is 46.0 Å². The molecular weight excluding hydrogens is 108 g/mol. The van der Waals surface area contributed by atoms with Crippen LogP contribution in [0.2, 0.25) is 0 Å². The van der Waals surface area contributed by atoms with Crippen LogP contribution in [0.3, 0.4) is 0 Å². The molecule has 0 amide bonds. The largest absolute Gasteiger partial charge is 0.0705 e. The van der Waals surface area contributed by atoms with Crippen LogP contribution in [0, 0.1) is 6.58 Å². The van der Waals surface area contributed by atoms with E-state index in [1.165, 1.54) is 19.3 Å². The molecule has 0 spiro atoms. The molecule has 0 rings (SSSR count). The van der Waals surface area contributed by atoms with E-state index in [-0.39, 0.29) is 0 Å². The van der Waals surface area contributed by atoms with Crippen LogP contribution in [0.25, 0.3) is 0 Å². The number of allylic oxidation sites excluding steroid dienone is 1. The first-order valence-electron chi connectivity index (χ1n) is 3.91. The summed E-state index contributed by atoms with van der Waals surface area (Å²) in [4.78, 5) is 0. The predicted octanol–water partition coefficient (Wildman–Crippen LogP) is 3.34. The molecule has 53 valence electrons. The Kier molecular flexibility index (Phi) is 5.70. The fourth-order valence-electron chi connectivity index (χ4n) is 0.779. The first kappa shape index (κ1) is 8.74. The van der Waals surface area contributed by atoms with Crippen LogP contribution in [-0.2, 0) is 0 Å². The molecule has 0 fully saturated rings. The van der Waals surface area contributed by atoms with Crippen molar-refractivity contribution in [3.05, 3.63) is 12.2 Å². The first-order chi connectivity index (χ1) is 4.31. The summed E-state index contributed by atoms with van der Waals surface area (Å²) in [7, 11) is 0. The van der Waals surface area contributed by atoms with Crippen LogP contribution < -0.4 is 0 Å². The van der Waals surface area contributed by atoms with Gasteiger partial charge < -0.3 is 0 Å². The summed E-state index contributed by atoms with van der Waals surface area (Å²) in [5.41, 5.74) is 1.16. The second kappa shape index (κ2) is 5.87. The number of hydrogen-bond acceptors (Lipinski definition) is 0. The number of rotatable bonds is 5. The normalized spacial score (nSPS) is 9.56. The summed E-state index contributed by atoms with van der Waals surface area (Å²) in [5, 5.41) is 0. The van der Waals surface area contributed by atoms with Gasteiger partial charge in [0.1, 0.15) is 0 Å². The van der Waals surface area contributed by atoms with E-state index in [1.807, 2.05) is 0 Å². The molecule has 0 heterocycles. The molecule has 0 nitrogen and oxygen atoms in total. The van der Waals surface area contributed by atoms with E-state index in [1.54, 1.807) is 0 Å². The molecule has 9 heavy (non-hydrogen) atoms. The van der Waals surface area contributed by atoms with Gasteiger partial charge in [-0.2, -0.15) is 0 Å². The molecule has 0 aromatic carbocycles. The van der Waals surface area contributed by atoms with Crippen molar-refractivity contribution in [1.29, 1.82) is 0 Å². The van der Waals surface area contributed by atoms with Gasteiger partial charge >= 0.3 is 0 Å². The Morgan fingerprint density at radius 1 is 1.22 bits per heavy atom. The molecule has 0 aromatic rings. The Hall–Kier alpha value is -0.260. The Morgan fingerprint density at radius 3 is 2.33 bits per heavy atom. The van der Waals surface area contributed by atoms with Gasteiger partial charge in [0.05, 0.1) is 0 Å². The van der Waals surface area contributed by atoms with E-state index in [4.69, 9.17) is 6.58 Å². The molecule has 0 unspecified atom stereocenters. The highest BCUT2D eigenvalue weighted by atomic mass is 13.9. The van der Waals surface area contributed by atoms with Gasteiger partial charge in [-0.25, -0.2) is 0 Å². The highest BCUT2D eigenvalue weighted by Gasteiger charge is 1.89. The lowest BCUT2D eigenvalue weighted by atomic mass is 10.1. The monoisotopic (exact) mass is 125 g/mol. The Morgan fingerprint density at radius 2 is 1.89 bits per heavy atom. The maximum Gasteiger partial charge on any atom is -0.0317 e. The minimum atomic E-state index is 1.05. The van der Waals surface area contributed by atoms with Crippen molar-refractivity contribution in [2.24, 2.45) is 0 Å². The predicted molar refractivity (Wildman–Crippen MR) is 42.2 cm³/mol. The van der Waals surface area contributed by atoms with Crippen molar-refractivity contribution < 1.29 is 0 Å². The topological polar surface area (TPSA) is 0 Å².